The second-order valence-electron chi connectivity index (χ2n) is 6.62. The fourth-order valence-electron chi connectivity index (χ4n) is 2.35. The topological polar surface area (TPSA) is 52.3 Å². The first-order valence-electron chi connectivity index (χ1n) is 7.65. The summed E-state index contributed by atoms with van der Waals surface area (Å²) in [6, 6.07) is 13.2. The quantitative estimate of drug-likeness (QED) is 0.645. The van der Waals surface area contributed by atoms with E-state index in [2.05, 4.69) is 41.7 Å². The van der Waals surface area contributed by atoms with Crippen molar-refractivity contribution in [3.8, 4) is 5.75 Å². The molecule has 0 aliphatic carbocycles. The molecule has 2 aromatic carbocycles. The molecule has 0 spiro atoms. The van der Waals surface area contributed by atoms with Gasteiger partial charge in [0.05, 0.1) is 10.9 Å². The summed E-state index contributed by atoms with van der Waals surface area (Å²) in [6.45, 7) is 6.59. The van der Waals surface area contributed by atoms with Crippen molar-refractivity contribution in [2.75, 3.05) is 0 Å². The molecular weight excluding hydrogens is 370 g/mol. The number of rotatable bonds is 3. The monoisotopic (exact) mass is 387 g/mol. The minimum atomic E-state index is -0.414. The van der Waals surface area contributed by atoms with E-state index in [-0.39, 0.29) is 17.9 Å². The van der Waals surface area contributed by atoms with E-state index in [0.717, 1.165) is 4.47 Å². The first kappa shape index (κ1) is 16.7. The molecule has 0 N–H and O–H groups in total. The summed E-state index contributed by atoms with van der Waals surface area (Å²) in [4.78, 5) is 16.4. The number of benzene rings is 2. The summed E-state index contributed by atoms with van der Waals surface area (Å²) < 4.78 is 11.7. The Morgan fingerprint density at radius 3 is 2.50 bits per heavy atom. The lowest BCUT2D eigenvalue weighted by Gasteiger charge is -2.19. The van der Waals surface area contributed by atoms with Crippen molar-refractivity contribution >= 4 is 26.8 Å². The minimum Gasteiger partial charge on any atom is -0.484 e. The maximum atomic E-state index is 12.0. The Kier molecular flexibility index (Phi) is 4.45. The Morgan fingerprint density at radius 2 is 1.83 bits per heavy atom. The van der Waals surface area contributed by atoms with Gasteiger partial charge in [0.1, 0.15) is 5.75 Å². The van der Waals surface area contributed by atoms with Crippen LogP contribution in [0.2, 0.25) is 0 Å². The van der Waals surface area contributed by atoms with Gasteiger partial charge in [-0.1, -0.05) is 48.8 Å². The molecule has 1 heterocycles. The molecule has 4 nitrogen and oxygen atoms in total. The van der Waals surface area contributed by atoms with Crippen LogP contribution >= 0.6 is 15.9 Å². The highest BCUT2D eigenvalue weighted by Gasteiger charge is 2.13. The number of fused-ring (bicyclic) bond motifs is 1. The highest BCUT2D eigenvalue weighted by Crippen LogP contribution is 2.24. The Hall–Kier alpha value is -2.14. The van der Waals surface area contributed by atoms with Gasteiger partial charge < -0.3 is 9.15 Å². The van der Waals surface area contributed by atoms with Gasteiger partial charge in [-0.2, -0.15) is 0 Å². The van der Waals surface area contributed by atoms with Gasteiger partial charge in [0, 0.05) is 4.47 Å². The third-order valence-electron chi connectivity index (χ3n) is 3.72. The molecule has 0 bridgehead atoms. The molecule has 0 aliphatic heterocycles. The van der Waals surface area contributed by atoms with Crippen molar-refractivity contribution in [3.05, 3.63) is 68.8 Å². The van der Waals surface area contributed by atoms with Crippen LogP contribution in [0.15, 0.2) is 56.1 Å². The summed E-state index contributed by atoms with van der Waals surface area (Å²) in [7, 11) is 0. The summed E-state index contributed by atoms with van der Waals surface area (Å²) in [5, 5.41) is 0.447. The highest BCUT2D eigenvalue weighted by atomic mass is 79.9. The van der Waals surface area contributed by atoms with E-state index in [4.69, 9.17) is 9.15 Å². The van der Waals surface area contributed by atoms with Crippen LogP contribution in [0, 0.1) is 0 Å². The van der Waals surface area contributed by atoms with Gasteiger partial charge in [0.15, 0.2) is 6.61 Å². The molecule has 0 fully saturated rings. The van der Waals surface area contributed by atoms with Gasteiger partial charge in [-0.3, -0.25) is 0 Å². The molecule has 0 aliphatic rings. The van der Waals surface area contributed by atoms with E-state index in [1.807, 2.05) is 30.3 Å². The average molecular weight is 388 g/mol. The Bertz CT molecular complexity index is 924. The second-order valence-corrected chi connectivity index (χ2v) is 7.54. The van der Waals surface area contributed by atoms with Crippen LogP contribution in [0.5, 0.6) is 5.75 Å². The SMILES string of the molecule is CC(C)(C)c1ccc(OCc2nc3ccc(Br)cc3c(=O)o2)cc1. The maximum Gasteiger partial charge on any atom is 0.346 e. The number of ether oxygens (including phenoxy) is 1. The van der Waals surface area contributed by atoms with Crippen molar-refractivity contribution in [1.29, 1.82) is 0 Å². The third-order valence-corrected chi connectivity index (χ3v) is 4.21. The first-order valence-corrected chi connectivity index (χ1v) is 8.45. The molecule has 3 rings (SSSR count). The van der Waals surface area contributed by atoms with Crippen LogP contribution in [0.3, 0.4) is 0 Å². The lowest BCUT2D eigenvalue weighted by molar-refractivity contribution is 0.253. The van der Waals surface area contributed by atoms with E-state index in [1.54, 1.807) is 12.1 Å². The Labute approximate surface area is 148 Å². The van der Waals surface area contributed by atoms with Crippen molar-refractivity contribution in [3.63, 3.8) is 0 Å². The van der Waals surface area contributed by atoms with Gasteiger partial charge in [-0.05, 0) is 41.3 Å². The lowest BCUT2D eigenvalue weighted by Crippen LogP contribution is -2.10. The molecule has 124 valence electrons. The Morgan fingerprint density at radius 1 is 1.12 bits per heavy atom. The second kappa shape index (κ2) is 6.40. The van der Waals surface area contributed by atoms with E-state index >= 15 is 0 Å². The number of nitrogens with zero attached hydrogens (tertiary/aromatic N) is 1. The molecule has 0 atom stereocenters. The molecular formula is C19H18BrNO3. The predicted octanol–water partition coefficient (Wildman–Crippen LogP) is 4.83. The Balaban J connectivity index is 1.78. The fraction of sp³-hybridized carbons (Fsp3) is 0.263. The van der Waals surface area contributed by atoms with E-state index in [9.17, 15) is 4.79 Å². The molecule has 5 heteroatoms. The van der Waals surface area contributed by atoms with Gasteiger partial charge in [0.2, 0.25) is 5.89 Å². The first-order chi connectivity index (χ1) is 11.3. The van der Waals surface area contributed by atoms with E-state index in [1.165, 1.54) is 5.56 Å². The van der Waals surface area contributed by atoms with Crippen LogP contribution < -0.4 is 10.4 Å². The molecule has 0 radical (unpaired) electrons. The number of halogens is 1. The molecule has 0 unspecified atom stereocenters. The minimum absolute atomic E-state index is 0.0967. The number of hydrogen-bond donors (Lipinski definition) is 0. The van der Waals surface area contributed by atoms with Crippen molar-refractivity contribution in [2.45, 2.75) is 32.8 Å². The van der Waals surface area contributed by atoms with E-state index < -0.39 is 5.63 Å². The molecule has 0 amide bonds. The smallest absolute Gasteiger partial charge is 0.346 e. The van der Waals surface area contributed by atoms with Crippen LogP contribution in [0.4, 0.5) is 0 Å². The van der Waals surface area contributed by atoms with Gasteiger partial charge in [-0.25, -0.2) is 9.78 Å². The molecule has 1 aromatic heterocycles. The standard InChI is InChI=1S/C19H18BrNO3/c1-19(2,3)12-4-7-14(8-5-12)23-11-17-21-16-9-6-13(20)10-15(16)18(22)24-17/h4-10H,11H2,1-3H3. The third kappa shape index (κ3) is 3.67. The largest absolute Gasteiger partial charge is 0.484 e. The fourth-order valence-corrected chi connectivity index (χ4v) is 2.71. The van der Waals surface area contributed by atoms with Gasteiger partial charge in [-0.15, -0.1) is 0 Å². The summed E-state index contributed by atoms with van der Waals surface area (Å²) in [5.41, 5.74) is 1.51. The number of hydrogen-bond acceptors (Lipinski definition) is 4. The highest BCUT2D eigenvalue weighted by molar-refractivity contribution is 9.10. The summed E-state index contributed by atoms with van der Waals surface area (Å²) >= 11 is 3.33. The normalized spacial score (nSPS) is 11.7. The van der Waals surface area contributed by atoms with Crippen LogP contribution in [0.1, 0.15) is 32.2 Å². The van der Waals surface area contributed by atoms with Crippen LogP contribution in [-0.4, -0.2) is 4.98 Å². The van der Waals surface area contributed by atoms with Crippen molar-refractivity contribution < 1.29 is 9.15 Å². The molecule has 24 heavy (non-hydrogen) atoms. The zero-order chi connectivity index (χ0) is 17.3. The summed E-state index contributed by atoms with van der Waals surface area (Å²) in [6.07, 6.45) is 0. The summed E-state index contributed by atoms with van der Waals surface area (Å²) in [5.74, 6) is 0.970. The van der Waals surface area contributed by atoms with Gasteiger partial charge in [0.25, 0.3) is 0 Å². The molecule has 0 saturated carbocycles. The number of aromatic nitrogens is 1. The zero-order valence-electron chi connectivity index (χ0n) is 13.8. The lowest BCUT2D eigenvalue weighted by atomic mass is 9.87. The predicted molar refractivity (Wildman–Crippen MR) is 97.5 cm³/mol. The average Bonchev–Trinajstić information content (AvgIpc) is 2.53. The van der Waals surface area contributed by atoms with Crippen molar-refractivity contribution in [1.82, 2.24) is 4.98 Å². The van der Waals surface area contributed by atoms with Crippen molar-refractivity contribution in [2.24, 2.45) is 0 Å². The van der Waals surface area contributed by atoms with E-state index in [0.29, 0.717) is 16.7 Å². The van der Waals surface area contributed by atoms with Crippen LogP contribution in [-0.2, 0) is 12.0 Å². The zero-order valence-corrected chi connectivity index (χ0v) is 15.4. The van der Waals surface area contributed by atoms with Gasteiger partial charge >= 0.3 is 5.63 Å². The molecule has 3 aromatic rings. The van der Waals surface area contributed by atoms with Crippen LogP contribution in [0.25, 0.3) is 10.9 Å². The molecule has 0 saturated heterocycles. The maximum absolute atomic E-state index is 12.0.